The van der Waals surface area contributed by atoms with Crippen molar-refractivity contribution in [1.82, 2.24) is 0 Å². The zero-order valence-electron chi connectivity index (χ0n) is 8.96. The summed E-state index contributed by atoms with van der Waals surface area (Å²) in [6.07, 6.45) is 0. The Hall–Kier alpha value is -0.315. The second-order valence-corrected chi connectivity index (χ2v) is 5.46. The molecule has 0 atom stereocenters. The van der Waals surface area contributed by atoms with Crippen molar-refractivity contribution in [3.63, 3.8) is 0 Å². The fourth-order valence-electron chi connectivity index (χ4n) is 1.34. The van der Waals surface area contributed by atoms with E-state index < -0.39 is 0 Å². The van der Waals surface area contributed by atoms with Gasteiger partial charge in [-0.25, -0.2) is 0 Å². The summed E-state index contributed by atoms with van der Waals surface area (Å²) in [5.74, 6) is 0. The van der Waals surface area contributed by atoms with E-state index in [-0.39, 0.29) is 18.3 Å². The van der Waals surface area contributed by atoms with E-state index in [0.29, 0.717) is 0 Å². The van der Waals surface area contributed by atoms with Crippen molar-refractivity contribution in [1.29, 1.82) is 0 Å². The lowest BCUT2D eigenvalue weighted by atomic mass is 9.88. The minimum atomic E-state index is -0.248. The van der Waals surface area contributed by atoms with Gasteiger partial charge < -0.3 is 9.31 Å². The second-order valence-electron chi connectivity index (χ2n) is 4.54. The number of thiophene rings is 1. The highest BCUT2D eigenvalue weighted by Gasteiger charge is 2.52. The van der Waals surface area contributed by atoms with Crippen LogP contribution in [0.3, 0.4) is 0 Å². The van der Waals surface area contributed by atoms with Crippen molar-refractivity contribution in [2.24, 2.45) is 0 Å². The first-order valence-electron chi connectivity index (χ1n) is 4.74. The SMILES string of the molecule is CC1(C)OB(c2cc[c]s2)OC1(C)C. The van der Waals surface area contributed by atoms with Crippen molar-refractivity contribution < 1.29 is 9.31 Å². The highest BCUT2D eigenvalue weighted by molar-refractivity contribution is 7.20. The average molecular weight is 209 g/mol. The Bertz CT molecular complexity index is 303. The third kappa shape index (κ3) is 1.51. The molecule has 1 aromatic rings. The summed E-state index contributed by atoms with van der Waals surface area (Å²) < 4.78 is 12.8. The lowest BCUT2D eigenvalue weighted by Crippen LogP contribution is -2.41. The Morgan fingerprint density at radius 2 is 1.79 bits per heavy atom. The third-order valence-corrected chi connectivity index (χ3v) is 3.80. The maximum atomic E-state index is 5.88. The van der Waals surface area contributed by atoms with Crippen molar-refractivity contribution >= 4 is 23.2 Å². The van der Waals surface area contributed by atoms with E-state index in [0.717, 1.165) is 4.78 Å². The van der Waals surface area contributed by atoms with Crippen molar-refractivity contribution in [2.75, 3.05) is 0 Å². The van der Waals surface area contributed by atoms with Gasteiger partial charge in [0.2, 0.25) is 0 Å². The largest absolute Gasteiger partial charge is 0.505 e. The summed E-state index contributed by atoms with van der Waals surface area (Å²) in [5, 5.41) is 3.04. The van der Waals surface area contributed by atoms with Crippen LogP contribution in [-0.4, -0.2) is 18.3 Å². The van der Waals surface area contributed by atoms with E-state index in [1.54, 1.807) is 11.3 Å². The Labute approximate surface area is 89.4 Å². The fourth-order valence-corrected chi connectivity index (χ4v) is 1.94. The van der Waals surface area contributed by atoms with Gasteiger partial charge in [0.15, 0.2) is 0 Å². The van der Waals surface area contributed by atoms with Crippen LogP contribution in [0.2, 0.25) is 0 Å². The molecule has 4 heteroatoms. The molecule has 0 unspecified atom stereocenters. The van der Waals surface area contributed by atoms with Gasteiger partial charge in [0.25, 0.3) is 0 Å². The minimum absolute atomic E-state index is 0.226. The number of hydrogen-bond acceptors (Lipinski definition) is 3. The van der Waals surface area contributed by atoms with E-state index in [2.05, 4.69) is 33.1 Å². The van der Waals surface area contributed by atoms with E-state index in [1.165, 1.54) is 0 Å². The van der Waals surface area contributed by atoms with Gasteiger partial charge in [0.05, 0.1) is 11.2 Å². The molecule has 2 nitrogen and oxygen atoms in total. The summed E-state index contributed by atoms with van der Waals surface area (Å²) in [4.78, 5) is 0. The average Bonchev–Trinajstić information content (AvgIpc) is 2.58. The van der Waals surface area contributed by atoms with Gasteiger partial charge in [-0.15, -0.1) is 11.3 Å². The van der Waals surface area contributed by atoms with Gasteiger partial charge in [0, 0.05) is 10.2 Å². The lowest BCUT2D eigenvalue weighted by molar-refractivity contribution is 0.00578. The molecule has 0 saturated carbocycles. The molecule has 1 aliphatic rings. The Morgan fingerprint density at radius 3 is 2.21 bits per heavy atom. The summed E-state index contributed by atoms with van der Waals surface area (Å²) >= 11 is 1.55. The van der Waals surface area contributed by atoms with Crippen LogP contribution < -0.4 is 4.78 Å². The molecule has 0 N–H and O–H groups in total. The summed E-state index contributed by atoms with van der Waals surface area (Å²) in [7, 11) is -0.226. The molecule has 2 rings (SSSR count). The number of rotatable bonds is 1. The molecule has 1 aliphatic heterocycles. The van der Waals surface area contributed by atoms with Crippen LogP contribution in [0, 0.1) is 5.38 Å². The maximum absolute atomic E-state index is 5.88. The predicted octanol–water partition coefficient (Wildman–Crippen LogP) is 1.85. The highest BCUT2D eigenvalue weighted by atomic mass is 32.1. The molecule has 0 bridgehead atoms. The van der Waals surface area contributed by atoms with Crippen LogP contribution in [0.1, 0.15) is 27.7 Å². The molecule has 75 valence electrons. The lowest BCUT2D eigenvalue weighted by Gasteiger charge is -2.32. The molecule has 2 heterocycles. The van der Waals surface area contributed by atoms with E-state index in [4.69, 9.17) is 9.31 Å². The van der Waals surface area contributed by atoms with Gasteiger partial charge >= 0.3 is 7.12 Å². The summed E-state index contributed by atoms with van der Waals surface area (Å²) in [6.45, 7) is 8.24. The van der Waals surface area contributed by atoms with Crippen molar-refractivity contribution in [3.05, 3.63) is 17.5 Å². The monoisotopic (exact) mass is 209 g/mol. The number of hydrogen-bond donors (Lipinski definition) is 0. The topological polar surface area (TPSA) is 18.5 Å². The first-order valence-corrected chi connectivity index (χ1v) is 5.55. The van der Waals surface area contributed by atoms with E-state index in [1.807, 2.05) is 12.1 Å². The Balaban J connectivity index is 2.22. The first kappa shape index (κ1) is 10.2. The first-order chi connectivity index (χ1) is 6.42. The van der Waals surface area contributed by atoms with Crippen LogP contribution in [0.15, 0.2) is 12.1 Å². The van der Waals surface area contributed by atoms with E-state index in [9.17, 15) is 0 Å². The minimum Gasteiger partial charge on any atom is -0.399 e. The van der Waals surface area contributed by atoms with Crippen LogP contribution in [0.5, 0.6) is 0 Å². The molecular formula is C10H14BO2S. The molecule has 1 fully saturated rings. The smallest absolute Gasteiger partial charge is 0.399 e. The normalized spacial score (nSPS) is 24.1. The van der Waals surface area contributed by atoms with E-state index >= 15 is 0 Å². The molecule has 0 spiro atoms. The maximum Gasteiger partial charge on any atom is 0.505 e. The Morgan fingerprint density at radius 1 is 1.21 bits per heavy atom. The van der Waals surface area contributed by atoms with Crippen LogP contribution >= 0.6 is 11.3 Å². The molecule has 0 amide bonds. The Kier molecular flexibility index (Phi) is 2.25. The fraction of sp³-hybridized carbons (Fsp3) is 0.600. The standard InChI is InChI=1S/C10H14BO2S/c1-9(2)10(3,4)13-11(12-9)8-6-5-7-14-8/h5-6H,1-4H3. The highest BCUT2D eigenvalue weighted by Crippen LogP contribution is 2.36. The van der Waals surface area contributed by atoms with Gasteiger partial charge in [-0.3, -0.25) is 0 Å². The van der Waals surface area contributed by atoms with Gasteiger partial charge in [-0.2, -0.15) is 0 Å². The predicted molar refractivity (Wildman–Crippen MR) is 58.9 cm³/mol. The molecule has 0 aromatic carbocycles. The van der Waals surface area contributed by atoms with Gasteiger partial charge in [-0.05, 0) is 33.8 Å². The molecule has 1 aromatic heterocycles. The molecule has 1 radical (unpaired) electrons. The van der Waals surface area contributed by atoms with Crippen molar-refractivity contribution in [3.8, 4) is 0 Å². The molecule has 0 aliphatic carbocycles. The van der Waals surface area contributed by atoms with Crippen LogP contribution in [0.4, 0.5) is 0 Å². The summed E-state index contributed by atoms with van der Waals surface area (Å²) in [6, 6.07) is 3.89. The van der Waals surface area contributed by atoms with Crippen LogP contribution in [0.25, 0.3) is 0 Å². The molecule has 1 saturated heterocycles. The van der Waals surface area contributed by atoms with Gasteiger partial charge in [-0.1, -0.05) is 6.07 Å². The zero-order chi connectivity index (χ0) is 10.4. The third-order valence-electron chi connectivity index (χ3n) is 2.98. The van der Waals surface area contributed by atoms with Crippen LogP contribution in [-0.2, 0) is 9.31 Å². The second kappa shape index (κ2) is 3.09. The zero-order valence-corrected chi connectivity index (χ0v) is 9.77. The van der Waals surface area contributed by atoms with Gasteiger partial charge in [0.1, 0.15) is 0 Å². The molecule has 14 heavy (non-hydrogen) atoms. The summed E-state index contributed by atoms with van der Waals surface area (Å²) in [5.41, 5.74) is -0.497. The molecular weight excluding hydrogens is 195 g/mol. The quantitative estimate of drug-likeness (QED) is 0.657. The van der Waals surface area contributed by atoms with Crippen molar-refractivity contribution in [2.45, 2.75) is 38.9 Å².